The molecule has 0 aliphatic heterocycles. The minimum atomic E-state index is 0.228. The van der Waals surface area contributed by atoms with Crippen LogP contribution in [0.15, 0.2) is 0 Å². The monoisotopic (exact) mass is 690 g/mol. The Kier molecular flexibility index (Phi) is 13.5. The van der Waals surface area contributed by atoms with Crippen molar-refractivity contribution in [3.8, 4) is 34.8 Å². The van der Waals surface area contributed by atoms with Crippen molar-refractivity contribution in [2.24, 2.45) is 0 Å². The molecule has 4 heterocycles. The lowest BCUT2D eigenvalue weighted by Crippen LogP contribution is -2.11. The summed E-state index contributed by atoms with van der Waals surface area (Å²) in [5.41, 5.74) is 9.31. The van der Waals surface area contributed by atoms with Crippen LogP contribution in [0.4, 0.5) is 11.6 Å². The Labute approximate surface area is 296 Å². The van der Waals surface area contributed by atoms with Gasteiger partial charge in [-0.1, -0.05) is 0 Å². The van der Waals surface area contributed by atoms with Crippen molar-refractivity contribution in [3.63, 3.8) is 0 Å². The van der Waals surface area contributed by atoms with Gasteiger partial charge in [0, 0.05) is 35.3 Å². The Morgan fingerprint density at radius 3 is 1.00 bits per heavy atom. The van der Waals surface area contributed by atoms with Gasteiger partial charge in [-0.2, -0.15) is 0 Å². The first-order valence-electron chi connectivity index (χ1n) is 16.9. The van der Waals surface area contributed by atoms with Crippen molar-refractivity contribution in [2.45, 2.75) is 95.9 Å². The summed E-state index contributed by atoms with van der Waals surface area (Å²) in [6.45, 7) is 24.7. The van der Waals surface area contributed by atoms with E-state index in [0.717, 1.165) is 69.0 Å². The van der Waals surface area contributed by atoms with Gasteiger partial charge >= 0.3 is 0 Å². The second kappa shape index (κ2) is 17.1. The van der Waals surface area contributed by atoms with E-state index in [1.807, 2.05) is 55.4 Å². The smallest absolute Gasteiger partial charge is 0.216 e. The van der Waals surface area contributed by atoms with Crippen molar-refractivity contribution in [3.05, 3.63) is 67.3 Å². The van der Waals surface area contributed by atoms with Crippen LogP contribution in [0.5, 0.6) is 34.8 Å². The summed E-state index contributed by atoms with van der Waals surface area (Å²) in [4.78, 5) is 17.4. The second-order valence-corrected chi connectivity index (χ2v) is 12.7. The molecule has 0 saturated carbocycles. The zero-order chi connectivity index (χ0) is 37.4. The van der Waals surface area contributed by atoms with Crippen LogP contribution in [-0.4, -0.2) is 66.7 Å². The Balaban J connectivity index is 0.000000270. The molecular formula is C38H54N6O6. The molecule has 12 heteroatoms. The summed E-state index contributed by atoms with van der Waals surface area (Å²) >= 11 is 0. The molecule has 0 bridgehead atoms. The van der Waals surface area contributed by atoms with Crippen LogP contribution in [0.3, 0.4) is 0 Å². The molecule has 12 nitrogen and oxygen atoms in total. The van der Waals surface area contributed by atoms with Gasteiger partial charge in [-0.05, 0) is 118 Å². The molecule has 4 aromatic rings. The fourth-order valence-electron chi connectivity index (χ4n) is 5.18. The van der Waals surface area contributed by atoms with E-state index in [1.54, 1.807) is 27.7 Å². The summed E-state index contributed by atoms with van der Waals surface area (Å²) in [6, 6.07) is 0. The van der Waals surface area contributed by atoms with Crippen molar-refractivity contribution >= 4 is 11.6 Å². The number of ether oxygens (including phenoxy) is 2. The summed E-state index contributed by atoms with van der Waals surface area (Å²) in [5, 5.41) is 46.2. The molecule has 4 rings (SSSR count). The fraction of sp³-hybridized carbons (Fsp3) is 0.474. The van der Waals surface area contributed by atoms with Gasteiger partial charge in [0.15, 0.2) is 0 Å². The molecule has 272 valence electrons. The third kappa shape index (κ3) is 9.16. The fourth-order valence-corrected chi connectivity index (χ4v) is 5.18. The molecule has 0 aromatic carbocycles. The highest BCUT2D eigenvalue weighted by Gasteiger charge is 2.15. The van der Waals surface area contributed by atoms with Crippen molar-refractivity contribution in [1.82, 2.24) is 19.9 Å². The quantitative estimate of drug-likeness (QED) is 0.0824. The maximum absolute atomic E-state index is 9.90. The van der Waals surface area contributed by atoms with Gasteiger partial charge in [0.05, 0.1) is 36.0 Å². The lowest BCUT2D eigenvalue weighted by molar-refractivity contribution is 0.298. The van der Waals surface area contributed by atoms with Gasteiger partial charge in [0.2, 0.25) is 11.8 Å². The number of anilines is 2. The van der Waals surface area contributed by atoms with Crippen molar-refractivity contribution < 1.29 is 29.9 Å². The number of aryl methyl sites for hydroxylation is 4. The largest absolute Gasteiger partial charge is 0.506 e. The third-order valence-corrected chi connectivity index (χ3v) is 9.20. The average Bonchev–Trinajstić information content (AvgIpc) is 3.09. The average molecular weight is 691 g/mol. The lowest BCUT2D eigenvalue weighted by Gasteiger charge is -2.15. The first-order chi connectivity index (χ1) is 23.5. The van der Waals surface area contributed by atoms with Gasteiger partial charge in [-0.3, -0.25) is 0 Å². The zero-order valence-electron chi connectivity index (χ0n) is 31.6. The highest BCUT2D eigenvalue weighted by Crippen LogP contribution is 2.31. The van der Waals surface area contributed by atoms with E-state index in [-0.39, 0.29) is 23.0 Å². The maximum atomic E-state index is 9.90. The molecule has 4 aromatic heterocycles. The number of hydrogen-bond acceptors (Lipinski definition) is 12. The highest BCUT2D eigenvalue weighted by molar-refractivity contribution is 5.55. The van der Waals surface area contributed by atoms with Crippen LogP contribution in [0.1, 0.15) is 80.1 Å². The maximum Gasteiger partial charge on any atom is 0.216 e. The molecule has 0 fully saturated rings. The number of nitrogens with one attached hydrogen (secondary N) is 2. The number of pyridine rings is 4. The normalized spacial score (nSPS) is 10.8. The van der Waals surface area contributed by atoms with Crippen LogP contribution in [0.25, 0.3) is 0 Å². The van der Waals surface area contributed by atoms with E-state index < -0.39 is 0 Å². The number of aromatic hydroxyl groups is 4. The first kappa shape index (κ1) is 39.4. The number of rotatable bonds is 12. The van der Waals surface area contributed by atoms with E-state index in [0.29, 0.717) is 60.8 Å². The summed E-state index contributed by atoms with van der Waals surface area (Å²) < 4.78 is 11.5. The van der Waals surface area contributed by atoms with Gasteiger partial charge in [-0.15, -0.1) is 0 Å². The Hall–Kier alpha value is -5.00. The predicted molar refractivity (Wildman–Crippen MR) is 198 cm³/mol. The predicted octanol–water partition coefficient (Wildman–Crippen LogP) is 7.24. The highest BCUT2D eigenvalue weighted by atomic mass is 16.5. The molecule has 0 unspecified atom stereocenters. The number of hydrogen-bond donors (Lipinski definition) is 6. The number of nitrogens with zero attached hydrogens (tertiary/aromatic N) is 4. The Morgan fingerprint density at radius 1 is 0.400 bits per heavy atom. The first-order valence-corrected chi connectivity index (χ1v) is 16.9. The topological polar surface area (TPSA) is 175 Å². The molecule has 0 saturated heterocycles. The third-order valence-electron chi connectivity index (χ3n) is 9.20. The molecule has 6 N–H and O–H groups in total. The van der Waals surface area contributed by atoms with Crippen LogP contribution in [-0.2, 0) is 0 Å². The van der Waals surface area contributed by atoms with Gasteiger partial charge in [0.25, 0.3) is 0 Å². The minimum Gasteiger partial charge on any atom is -0.506 e. The SMILES string of the molecule is Cc1nc(NCCCOc2nc(C)c(O)c(C)c2C)c(C)c(C)c1O.Cc1nc(NCCCOc2nc(C)c(O)c(C)c2C)c(C)c(C)c1O. The van der Waals surface area contributed by atoms with Gasteiger partial charge < -0.3 is 40.5 Å². The second-order valence-electron chi connectivity index (χ2n) is 12.7. The van der Waals surface area contributed by atoms with Gasteiger partial charge in [0.1, 0.15) is 34.6 Å². The molecule has 0 spiro atoms. The molecule has 0 radical (unpaired) electrons. The number of aromatic nitrogens is 4. The molecule has 0 amide bonds. The van der Waals surface area contributed by atoms with Gasteiger partial charge in [-0.25, -0.2) is 19.9 Å². The van der Waals surface area contributed by atoms with Crippen molar-refractivity contribution in [2.75, 3.05) is 36.9 Å². The molecule has 0 atom stereocenters. The van der Waals surface area contributed by atoms with Crippen LogP contribution in [0.2, 0.25) is 0 Å². The summed E-state index contributed by atoms with van der Waals surface area (Å²) in [6.07, 6.45) is 1.56. The van der Waals surface area contributed by atoms with E-state index in [4.69, 9.17) is 9.47 Å². The molecule has 0 aliphatic rings. The summed E-state index contributed by atoms with van der Waals surface area (Å²) in [5.74, 6) is 3.68. The molecule has 50 heavy (non-hydrogen) atoms. The Morgan fingerprint density at radius 2 is 0.680 bits per heavy atom. The van der Waals surface area contributed by atoms with Crippen molar-refractivity contribution in [1.29, 1.82) is 0 Å². The van der Waals surface area contributed by atoms with E-state index >= 15 is 0 Å². The Bertz CT molecular complexity index is 1580. The summed E-state index contributed by atoms with van der Waals surface area (Å²) in [7, 11) is 0. The van der Waals surface area contributed by atoms with Crippen LogP contribution in [0, 0.1) is 83.1 Å². The lowest BCUT2D eigenvalue weighted by atomic mass is 10.1. The zero-order valence-corrected chi connectivity index (χ0v) is 31.6. The molecule has 0 aliphatic carbocycles. The van der Waals surface area contributed by atoms with Crippen LogP contribution >= 0.6 is 0 Å². The standard InChI is InChI=1S/2C19H27N3O3/c2*1-10-12(3)18(21-14(5)16(10)23)20-8-7-9-25-19-13(4)11(2)17(24)15(6)22-19/h2*23-24H,7-9H2,1-6H3,(H,20,21). The van der Waals surface area contributed by atoms with E-state index in [1.165, 1.54) is 0 Å². The van der Waals surface area contributed by atoms with E-state index in [2.05, 4.69) is 30.6 Å². The molecular weight excluding hydrogens is 636 g/mol. The minimum absolute atomic E-state index is 0.228. The van der Waals surface area contributed by atoms with Crippen LogP contribution < -0.4 is 20.1 Å². The van der Waals surface area contributed by atoms with E-state index in [9.17, 15) is 20.4 Å².